The average molecular weight is 489 g/mol. The quantitative estimate of drug-likeness (QED) is 0.172. The lowest BCUT2D eigenvalue weighted by Gasteiger charge is -2.17. The van der Waals surface area contributed by atoms with Crippen molar-refractivity contribution in [3.05, 3.63) is 95.3 Å². The third-order valence-corrected chi connectivity index (χ3v) is 6.62. The molecule has 4 N–H and O–H groups in total. The van der Waals surface area contributed by atoms with Crippen molar-refractivity contribution in [3.8, 4) is 5.75 Å². The summed E-state index contributed by atoms with van der Waals surface area (Å²) in [7, 11) is 1.54. The summed E-state index contributed by atoms with van der Waals surface area (Å²) < 4.78 is 5.53. The second kappa shape index (κ2) is 12.7. The molecule has 0 saturated heterocycles. The lowest BCUT2D eigenvalue weighted by molar-refractivity contribution is 0.0981. The molecular formula is C27H28N4O3S. The third kappa shape index (κ3) is 6.71. The average Bonchev–Trinajstić information content (AvgIpc) is 2.90. The van der Waals surface area contributed by atoms with Crippen LogP contribution in [0.4, 0.5) is 0 Å². The fourth-order valence-electron chi connectivity index (χ4n) is 3.71. The first-order valence-electron chi connectivity index (χ1n) is 11.1. The molecule has 0 radical (unpaired) electrons. The van der Waals surface area contributed by atoms with E-state index >= 15 is 0 Å². The zero-order valence-corrected chi connectivity index (χ0v) is 20.2. The van der Waals surface area contributed by atoms with E-state index in [1.165, 1.54) is 7.11 Å². The number of nitrogens with zero attached hydrogens (tertiary/aromatic N) is 1. The maximum absolute atomic E-state index is 13.1. The van der Waals surface area contributed by atoms with Crippen molar-refractivity contribution in [3.63, 3.8) is 0 Å². The van der Waals surface area contributed by atoms with E-state index in [1.807, 2.05) is 36.4 Å². The molecule has 0 fully saturated rings. The minimum atomic E-state index is -1.09. The number of aryl methyl sites for hydroxylation is 1. The number of aliphatic hydroxyl groups is 1. The van der Waals surface area contributed by atoms with Gasteiger partial charge in [-0.05, 0) is 42.2 Å². The molecule has 0 spiro atoms. The van der Waals surface area contributed by atoms with Gasteiger partial charge in [-0.1, -0.05) is 54.2 Å². The number of hydrogen-bond acceptors (Lipinski definition) is 8. The number of rotatable bonds is 11. The molecule has 2 aromatic carbocycles. The van der Waals surface area contributed by atoms with Gasteiger partial charge < -0.3 is 15.3 Å². The van der Waals surface area contributed by atoms with Gasteiger partial charge >= 0.3 is 0 Å². The lowest BCUT2D eigenvalue weighted by atomic mass is 9.91. The van der Waals surface area contributed by atoms with Crippen molar-refractivity contribution >= 4 is 33.8 Å². The summed E-state index contributed by atoms with van der Waals surface area (Å²) in [5.41, 5.74) is 2.91. The first kappa shape index (κ1) is 26.0. The summed E-state index contributed by atoms with van der Waals surface area (Å²) in [5, 5.41) is 34.1. The Morgan fingerprint density at radius 2 is 1.80 bits per heavy atom. The van der Waals surface area contributed by atoms with Gasteiger partial charge in [0.1, 0.15) is 16.7 Å². The molecule has 7 nitrogen and oxygen atoms in total. The summed E-state index contributed by atoms with van der Waals surface area (Å²) in [6.45, 7) is 0.0399. The van der Waals surface area contributed by atoms with Gasteiger partial charge in [0, 0.05) is 42.3 Å². The Balaban J connectivity index is 1.71. The van der Waals surface area contributed by atoms with Crippen molar-refractivity contribution in [2.75, 3.05) is 13.7 Å². The summed E-state index contributed by atoms with van der Waals surface area (Å²) in [6.07, 6.45) is 5.42. The number of Topliss-reactive ketones (excluding diaryl/α,β-unsaturated/α-hetero) is 1. The number of aromatic nitrogens is 1. The van der Waals surface area contributed by atoms with Crippen LogP contribution in [-0.2, 0) is 6.42 Å². The highest BCUT2D eigenvalue weighted by molar-refractivity contribution is 8.26. The van der Waals surface area contributed by atoms with Gasteiger partial charge in [0.25, 0.3) is 0 Å². The highest BCUT2D eigenvalue weighted by Crippen LogP contribution is 2.28. The van der Waals surface area contributed by atoms with Crippen LogP contribution in [0.2, 0.25) is 0 Å². The van der Waals surface area contributed by atoms with E-state index in [4.69, 9.17) is 21.0 Å². The van der Waals surface area contributed by atoms with Gasteiger partial charge in [0.2, 0.25) is 0 Å². The van der Waals surface area contributed by atoms with E-state index < -0.39 is 11.7 Å². The zero-order chi connectivity index (χ0) is 25.2. The molecule has 0 bridgehead atoms. The molecule has 1 unspecified atom stereocenters. The van der Waals surface area contributed by atoms with Crippen molar-refractivity contribution in [2.24, 2.45) is 5.92 Å². The molecule has 3 rings (SSSR count). The van der Waals surface area contributed by atoms with Crippen molar-refractivity contribution in [1.82, 2.24) is 4.98 Å². The highest BCUT2D eigenvalue weighted by atomic mass is 32.2. The fraction of sp³-hybridized carbons (Fsp3) is 0.222. The first-order chi connectivity index (χ1) is 17.0. The number of methoxy groups -OCH3 is 1. The van der Waals surface area contributed by atoms with Crippen molar-refractivity contribution in [1.29, 1.82) is 16.2 Å². The fourth-order valence-corrected chi connectivity index (χ4v) is 4.48. The molecule has 35 heavy (non-hydrogen) atoms. The predicted molar refractivity (Wildman–Crippen MR) is 141 cm³/mol. The SMILES string of the molecule is COc1cc(C(=O)C(C=N)C(=N)SC(=N)c2ccncc2)ccc1CC[C@@H](CO)c1ccccc1. The second-order valence-corrected chi connectivity index (χ2v) is 8.95. The Labute approximate surface area is 209 Å². The maximum Gasteiger partial charge on any atom is 0.177 e. The Kier molecular flexibility index (Phi) is 9.46. The summed E-state index contributed by atoms with van der Waals surface area (Å²) in [5.74, 6) is -0.942. The first-order valence-corrected chi connectivity index (χ1v) is 11.9. The molecule has 1 aromatic heterocycles. The van der Waals surface area contributed by atoms with Crippen molar-refractivity contribution in [2.45, 2.75) is 18.8 Å². The summed E-state index contributed by atoms with van der Waals surface area (Å²) in [4.78, 5) is 17.1. The van der Waals surface area contributed by atoms with Gasteiger partial charge in [-0.15, -0.1) is 0 Å². The van der Waals surface area contributed by atoms with E-state index in [9.17, 15) is 9.90 Å². The van der Waals surface area contributed by atoms with Crippen LogP contribution in [0.1, 0.15) is 39.4 Å². The van der Waals surface area contributed by atoms with Crippen LogP contribution < -0.4 is 4.74 Å². The Bertz CT molecular complexity index is 1190. The number of ketones is 1. The van der Waals surface area contributed by atoms with Crippen LogP contribution >= 0.6 is 11.8 Å². The van der Waals surface area contributed by atoms with E-state index in [2.05, 4.69) is 4.98 Å². The van der Waals surface area contributed by atoms with Gasteiger partial charge in [-0.3, -0.25) is 20.6 Å². The molecule has 180 valence electrons. The maximum atomic E-state index is 13.1. The normalized spacial score (nSPS) is 12.4. The number of nitrogens with one attached hydrogen (secondary N) is 3. The number of aliphatic hydroxyl groups excluding tert-OH is 1. The molecule has 0 saturated carbocycles. The van der Waals surface area contributed by atoms with Crippen LogP contribution in [0.15, 0.2) is 73.1 Å². The number of hydrogen-bond donors (Lipinski definition) is 4. The molecule has 0 amide bonds. The molecule has 0 aliphatic heterocycles. The number of benzene rings is 2. The number of carbonyl (C=O) groups is 1. The Morgan fingerprint density at radius 1 is 1.09 bits per heavy atom. The monoisotopic (exact) mass is 488 g/mol. The number of thioether (sulfide) groups is 1. The number of carbonyl (C=O) groups excluding carboxylic acids is 1. The highest BCUT2D eigenvalue weighted by Gasteiger charge is 2.25. The smallest absolute Gasteiger partial charge is 0.177 e. The lowest BCUT2D eigenvalue weighted by Crippen LogP contribution is -2.24. The molecule has 0 aliphatic rings. The standard InChI is InChI=1S/C27H28N4O3S/c1-34-24-15-21(9-7-19(24)8-10-22(17-32)18-5-3-2-4-6-18)25(33)23(16-28)27(30)35-26(29)20-11-13-31-14-12-20/h2-7,9,11-16,22-23,28-30,32H,8,10,17H2,1H3/t22-,23?/m0/s1. The Hall–Kier alpha value is -3.62. The topological polar surface area (TPSA) is 131 Å². The van der Waals surface area contributed by atoms with Gasteiger partial charge in [0.05, 0.1) is 12.2 Å². The second-order valence-electron chi connectivity index (χ2n) is 7.90. The molecule has 1 heterocycles. The molecule has 3 aromatic rings. The molecule has 2 atom stereocenters. The van der Waals surface area contributed by atoms with Crippen LogP contribution in [0.5, 0.6) is 5.75 Å². The van der Waals surface area contributed by atoms with E-state index in [-0.39, 0.29) is 22.6 Å². The van der Waals surface area contributed by atoms with Gasteiger partial charge in [0.15, 0.2) is 5.78 Å². The van der Waals surface area contributed by atoms with E-state index in [0.717, 1.165) is 29.1 Å². The Morgan fingerprint density at radius 3 is 2.43 bits per heavy atom. The zero-order valence-electron chi connectivity index (χ0n) is 19.4. The minimum Gasteiger partial charge on any atom is -0.496 e. The van der Waals surface area contributed by atoms with Crippen LogP contribution in [0.25, 0.3) is 0 Å². The van der Waals surface area contributed by atoms with Crippen LogP contribution in [-0.4, -0.2) is 45.9 Å². The van der Waals surface area contributed by atoms with Crippen LogP contribution in [0, 0.1) is 22.1 Å². The van der Waals surface area contributed by atoms with E-state index in [0.29, 0.717) is 29.7 Å². The minimum absolute atomic E-state index is 0.00211. The molecule has 8 heteroatoms. The molecule has 0 aliphatic carbocycles. The molecular weight excluding hydrogens is 460 g/mol. The number of ether oxygens (including phenoxy) is 1. The van der Waals surface area contributed by atoms with Gasteiger partial charge in [-0.2, -0.15) is 0 Å². The largest absolute Gasteiger partial charge is 0.496 e. The van der Waals surface area contributed by atoms with E-state index in [1.54, 1.807) is 36.7 Å². The predicted octanol–water partition coefficient (Wildman–Crippen LogP) is 4.98. The van der Waals surface area contributed by atoms with Crippen LogP contribution in [0.3, 0.4) is 0 Å². The van der Waals surface area contributed by atoms with Crippen molar-refractivity contribution < 1.29 is 14.6 Å². The summed E-state index contributed by atoms with van der Waals surface area (Å²) in [6, 6.07) is 18.3. The number of pyridine rings is 1. The summed E-state index contributed by atoms with van der Waals surface area (Å²) >= 11 is 0.845. The third-order valence-electron chi connectivity index (χ3n) is 5.71. The van der Waals surface area contributed by atoms with Gasteiger partial charge in [-0.25, -0.2) is 0 Å².